The largest absolute Gasteiger partial charge is 0.309 e. The molecule has 1 nitrogen and oxygen atoms in total. The molecule has 0 aliphatic heterocycles. The maximum atomic E-state index is 3.06. The van der Waals surface area contributed by atoms with E-state index >= 15 is 0 Å². The summed E-state index contributed by atoms with van der Waals surface area (Å²) in [4.78, 5) is 1.32. The molecule has 2 heteroatoms. The summed E-state index contributed by atoms with van der Waals surface area (Å²) in [5.74, 6) is 6.07. The van der Waals surface area contributed by atoms with E-state index in [0.29, 0.717) is 0 Å². The molecule has 11 heavy (non-hydrogen) atoms. The molecule has 0 aliphatic rings. The quantitative estimate of drug-likeness (QED) is 0.624. The third-order valence-electron chi connectivity index (χ3n) is 1.23. The minimum Gasteiger partial charge on any atom is -0.309 e. The third-order valence-corrected chi connectivity index (χ3v) is 2.09. The lowest BCUT2D eigenvalue weighted by molar-refractivity contribution is 0.938. The summed E-state index contributed by atoms with van der Waals surface area (Å²) in [6, 6.07) is 2.10. The Hall–Kier alpha value is -0.780. The van der Waals surface area contributed by atoms with Gasteiger partial charge in [-0.15, -0.1) is 11.3 Å². The number of hydrogen-bond acceptors (Lipinski definition) is 2. The molecule has 1 heterocycles. The fourth-order valence-electron chi connectivity index (χ4n) is 0.744. The van der Waals surface area contributed by atoms with E-state index in [2.05, 4.69) is 35.5 Å². The maximum Gasteiger partial charge on any atom is 0.0577 e. The van der Waals surface area contributed by atoms with Crippen LogP contribution in [0.3, 0.4) is 0 Å². The number of nitrogens with one attached hydrogen (secondary N) is 1. The third kappa shape index (κ3) is 2.75. The van der Waals surface area contributed by atoms with Crippen molar-refractivity contribution in [3.8, 4) is 11.8 Å². The predicted octanol–water partition coefficient (Wildman–Crippen LogP) is 1.63. The molecule has 0 atom stereocenters. The molecule has 0 aromatic carbocycles. The highest BCUT2D eigenvalue weighted by molar-refractivity contribution is 7.10. The molecule has 0 spiro atoms. The van der Waals surface area contributed by atoms with Crippen LogP contribution >= 0.6 is 11.3 Å². The van der Waals surface area contributed by atoms with E-state index in [1.807, 2.05) is 7.05 Å². The summed E-state index contributed by atoms with van der Waals surface area (Å²) in [5.41, 5.74) is 1.13. The van der Waals surface area contributed by atoms with Crippen molar-refractivity contribution in [3.63, 3.8) is 0 Å². The zero-order valence-corrected chi connectivity index (χ0v) is 7.59. The van der Waals surface area contributed by atoms with Gasteiger partial charge in [-0.1, -0.05) is 11.8 Å². The minimum absolute atomic E-state index is 0.759. The summed E-state index contributed by atoms with van der Waals surface area (Å²) < 4.78 is 0. The summed E-state index contributed by atoms with van der Waals surface area (Å²) in [6.45, 7) is 2.85. The van der Waals surface area contributed by atoms with Crippen molar-refractivity contribution in [1.29, 1.82) is 0 Å². The van der Waals surface area contributed by atoms with Gasteiger partial charge in [-0.2, -0.15) is 0 Å². The van der Waals surface area contributed by atoms with Crippen molar-refractivity contribution < 1.29 is 0 Å². The Morgan fingerprint density at radius 3 is 3.00 bits per heavy atom. The average molecular weight is 165 g/mol. The molecule has 1 rings (SSSR count). The second kappa shape index (κ2) is 4.17. The van der Waals surface area contributed by atoms with Crippen LogP contribution in [0, 0.1) is 18.8 Å². The van der Waals surface area contributed by atoms with E-state index in [-0.39, 0.29) is 0 Å². The van der Waals surface area contributed by atoms with Crippen molar-refractivity contribution in [2.24, 2.45) is 0 Å². The summed E-state index contributed by atoms with van der Waals surface area (Å²) >= 11 is 1.74. The summed E-state index contributed by atoms with van der Waals surface area (Å²) in [6.07, 6.45) is 0. The summed E-state index contributed by atoms with van der Waals surface area (Å²) in [5, 5.41) is 5.06. The first kappa shape index (κ1) is 8.32. The van der Waals surface area contributed by atoms with Crippen LogP contribution in [0.5, 0.6) is 0 Å². The standard InChI is InChI=1S/C9H11NS/c1-8-6-9(7-11-8)4-3-5-10-2/h6-7,10H,5H2,1-2H3. The molecule has 0 bridgehead atoms. The molecule has 0 saturated carbocycles. The van der Waals surface area contributed by atoms with E-state index in [4.69, 9.17) is 0 Å². The monoisotopic (exact) mass is 165 g/mol. The van der Waals surface area contributed by atoms with E-state index in [9.17, 15) is 0 Å². The molecule has 1 N–H and O–H groups in total. The van der Waals surface area contributed by atoms with E-state index in [1.165, 1.54) is 4.88 Å². The van der Waals surface area contributed by atoms with Crippen LogP contribution in [-0.4, -0.2) is 13.6 Å². The first-order chi connectivity index (χ1) is 5.33. The highest BCUT2D eigenvalue weighted by Crippen LogP contribution is 2.11. The zero-order valence-electron chi connectivity index (χ0n) is 6.77. The Morgan fingerprint density at radius 1 is 1.64 bits per heavy atom. The Morgan fingerprint density at radius 2 is 2.45 bits per heavy atom. The molecule has 58 valence electrons. The van der Waals surface area contributed by atoms with Crippen LogP contribution in [0.2, 0.25) is 0 Å². The lowest BCUT2D eigenvalue weighted by Crippen LogP contribution is -2.04. The van der Waals surface area contributed by atoms with Gasteiger partial charge in [-0.3, -0.25) is 0 Å². The lowest BCUT2D eigenvalue weighted by Gasteiger charge is -1.81. The molecule has 1 aromatic rings. The number of aryl methyl sites for hydroxylation is 1. The van der Waals surface area contributed by atoms with Crippen molar-refractivity contribution in [3.05, 3.63) is 21.9 Å². The van der Waals surface area contributed by atoms with Gasteiger partial charge in [-0.05, 0) is 20.0 Å². The van der Waals surface area contributed by atoms with Gasteiger partial charge >= 0.3 is 0 Å². The second-order valence-corrected chi connectivity index (χ2v) is 3.39. The molecule has 1 aromatic heterocycles. The van der Waals surface area contributed by atoms with Crippen molar-refractivity contribution in [2.75, 3.05) is 13.6 Å². The van der Waals surface area contributed by atoms with Crippen LogP contribution in [0.15, 0.2) is 11.4 Å². The van der Waals surface area contributed by atoms with Gasteiger partial charge in [0.2, 0.25) is 0 Å². The van der Waals surface area contributed by atoms with Crippen molar-refractivity contribution in [1.82, 2.24) is 5.32 Å². The molecule has 0 radical (unpaired) electrons. The van der Waals surface area contributed by atoms with E-state index in [1.54, 1.807) is 11.3 Å². The first-order valence-corrected chi connectivity index (χ1v) is 4.39. The fraction of sp³-hybridized carbons (Fsp3) is 0.333. The Balaban J connectivity index is 2.59. The maximum absolute atomic E-state index is 3.06. The second-order valence-electron chi connectivity index (χ2n) is 2.28. The van der Waals surface area contributed by atoms with Gasteiger partial charge in [0, 0.05) is 15.8 Å². The Kier molecular flexibility index (Phi) is 3.15. The molecule has 0 unspecified atom stereocenters. The Bertz CT molecular complexity index is 277. The minimum atomic E-state index is 0.759. The first-order valence-electron chi connectivity index (χ1n) is 3.51. The molecule has 0 saturated heterocycles. The predicted molar refractivity (Wildman–Crippen MR) is 49.9 cm³/mol. The van der Waals surface area contributed by atoms with Gasteiger partial charge in [0.25, 0.3) is 0 Å². The van der Waals surface area contributed by atoms with Gasteiger partial charge < -0.3 is 5.32 Å². The van der Waals surface area contributed by atoms with Crippen molar-refractivity contribution >= 4 is 11.3 Å². The zero-order chi connectivity index (χ0) is 8.10. The van der Waals surface area contributed by atoms with Crippen molar-refractivity contribution in [2.45, 2.75) is 6.92 Å². The fourth-order valence-corrected chi connectivity index (χ4v) is 1.38. The van der Waals surface area contributed by atoms with Crippen LogP contribution in [0.25, 0.3) is 0 Å². The smallest absolute Gasteiger partial charge is 0.0577 e. The number of rotatable bonds is 1. The Labute approximate surface area is 71.4 Å². The lowest BCUT2D eigenvalue weighted by atomic mass is 10.3. The molecule has 0 fully saturated rings. The van der Waals surface area contributed by atoms with Gasteiger partial charge in [0.05, 0.1) is 6.54 Å². The van der Waals surface area contributed by atoms with Gasteiger partial charge in [-0.25, -0.2) is 0 Å². The topological polar surface area (TPSA) is 12.0 Å². The molecular formula is C9H11NS. The molecular weight excluding hydrogens is 154 g/mol. The van der Waals surface area contributed by atoms with Crippen LogP contribution in [0.4, 0.5) is 0 Å². The SMILES string of the molecule is CNCC#Cc1csc(C)c1. The van der Waals surface area contributed by atoms with E-state index < -0.39 is 0 Å². The van der Waals surface area contributed by atoms with Gasteiger partial charge in [0.15, 0.2) is 0 Å². The van der Waals surface area contributed by atoms with Crippen LogP contribution in [0.1, 0.15) is 10.4 Å². The highest BCUT2D eigenvalue weighted by atomic mass is 32.1. The molecule has 0 aliphatic carbocycles. The van der Waals surface area contributed by atoms with Crippen LogP contribution in [-0.2, 0) is 0 Å². The normalized spacial score (nSPS) is 8.91. The van der Waals surface area contributed by atoms with E-state index in [0.717, 1.165) is 12.1 Å². The number of thiophene rings is 1. The summed E-state index contributed by atoms with van der Waals surface area (Å²) in [7, 11) is 1.90. The average Bonchev–Trinajstić information content (AvgIpc) is 2.37. The van der Waals surface area contributed by atoms with Crippen LogP contribution < -0.4 is 5.32 Å². The van der Waals surface area contributed by atoms with Gasteiger partial charge in [0.1, 0.15) is 0 Å². The molecule has 0 amide bonds. The number of hydrogen-bond donors (Lipinski definition) is 1. The highest BCUT2D eigenvalue weighted by Gasteiger charge is 1.88.